The lowest BCUT2D eigenvalue weighted by molar-refractivity contribution is 0.112. The molecule has 1 saturated heterocycles. The van der Waals surface area contributed by atoms with Crippen molar-refractivity contribution >= 4 is 17.2 Å². The zero-order valence-electron chi connectivity index (χ0n) is 12.3. The minimum Gasteiger partial charge on any atom is -0.494 e. The van der Waals surface area contributed by atoms with E-state index >= 15 is 0 Å². The van der Waals surface area contributed by atoms with Gasteiger partial charge in [-0.15, -0.1) is 0 Å². The summed E-state index contributed by atoms with van der Waals surface area (Å²) in [4.78, 5) is 16.3. The summed E-state index contributed by atoms with van der Waals surface area (Å²) >= 11 is 0. The second-order valence-corrected chi connectivity index (χ2v) is 5.70. The molecule has 4 heteroatoms. The molecule has 1 aliphatic rings. The van der Waals surface area contributed by atoms with Crippen molar-refractivity contribution in [2.24, 2.45) is 0 Å². The fraction of sp³-hybridized carbons (Fsp3) is 0.471. The normalized spacial score (nSPS) is 16.2. The van der Waals surface area contributed by atoms with Gasteiger partial charge in [0.2, 0.25) is 0 Å². The van der Waals surface area contributed by atoms with E-state index in [1.807, 2.05) is 24.3 Å². The van der Waals surface area contributed by atoms with Gasteiger partial charge in [0.1, 0.15) is 5.75 Å². The molecule has 112 valence electrons. The van der Waals surface area contributed by atoms with Crippen molar-refractivity contribution in [3.05, 3.63) is 30.0 Å². The molecule has 1 fully saturated rings. The van der Waals surface area contributed by atoms with Crippen LogP contribution in [0.25, 0.3) is 10.9 Å². The molecule has 3 rings (SSSR count). The fourth-order valence-corrected chi connectivity index (χ4v) is 2.95. The second kappa shape index (κ2) is 6.76. The molecule has 0 saturated carbocycles. The van der Waals surface area contributed by atoms with Crippen molar-refractivity contribution in [3.8, 4) is 5.75 Å². The smallest absolute Gasteiger partial charge is 0.166 e. The molecule has 4 nitrogen and oxygen atoms in total. The molecule has 1 aromatic heterocycles. The van der Waals surface area contributed by atoms with Crippen LogP contribution in [0.4, 0.5) is 0 Å². The zero-order valence-corrected chi connectivity index (χ0v) is 12.3. The van der Waals surface area contributed by atoms with Gasteiger partial charge in [-0.2, -0.15) is 0 Å². The van der Waals surface area contributed by atoms with Crippen LogP contribution in [0.15, 0.2) is 24.3 Å². The molecule has 0 amide bonds. The van der Waals surface area contributed by atoms with E-state index < -0.39 is 0 Å². The largest absolute Gasteiger partial charge is 0.494 e. The number of benzene rings is 1. The van der Waals surface area contributed by atoms with Gasteiger partial charge < -0.3 is 14.6 Å². The summed E-state index contributed by atoms with van der Waals surface area (Å²) in [7, 11) is 0. The summed E-state index contributed by atoms with van der Waals surface area (Å²) in [6.07, 6.45) is 5.95. The number of aromatic amines is 1. The molecule has 21 heavy (non-hydrogen) atoms. The predicted molar refractivity (Wildman–Crippen MR) is 84.1 cm³/mol. The lowest BCUT2D eigenvalue weighted by Crippen LogP contribution is -2.31. The van der Waals surface area contributed by atoms with Gasteiger partial charge in [0.15, 0.2) is 6.29 Å². The number of hydrogen-bond acceptors (Lipinski definition) is 3. The molecular formula is C17H22N2O2. The van der Waals surface area contributed by atoms with Gasteiger partial charge in [0, 0.05) is 17.4 Å². The van der Waals surface area contributed by atoms with Crippen molar-refractivity contribution < 1.29 is 9.53 Å². The van der Waals surface area contributed by atoms with Gasteiger partial charge in [-0.1, -0.05) is 6.42 Å². The monoisotopic (exact) mass is 286 g/mol. The summed E-state index contributed by atoms with van der Waals surface area (Å²) < 4.78 is 5.82. The first kappa shape index (κ1) is 14.1. The Balaban J connectivity index is 1.49. The molecule has 0 atom stereocenters. The van der Waals surface area contributed by atoms with Crippen molar-refractivity contribution in [1.82, 2.24) is 9.88 Å². The van der Waals surface area contributed by atoms with Crippen LogP contribution in [0.1, 0.15) is 36.2 Å². The Morgan fingerprint density at radius 1 is 1.19 bits per heavy atom. The van der Waals surface area contributed by atoms with E-state index in [1.54, 1.807) is 0 Å². The predicted octanol–water partition coefficient (Wildman–Crippen LogP) is 3.24. The summed E-state index contributed by atoms with van der Waals surface area (Å²) in [6.45, 7) is 4.35. The standard InChI is InChI=1S/C17H22N2O2/c20-13-15-11-14-12-16(5-6-17(14)18-15)21-10-4-9-19-7-2-1-3-8-19/h5-6,11-13,18H,1-4,7-10H2. The lowest BCUT2D eigenvalue weighted by atomic mass is 10.1. The first-order chi connectivity index (χ1) is 10.3. The van der Waals surface area contributed by atoms with E-state index in [-0.39, 0.29) is 0 Å². The highest BCUT2D eigenvalue weighted by Crippen LogP contribution is 2.21. The van der Waals surface area contributed by atoms with E-state index in [4.69, 9.17) is 4.74 Å². The average Bonchev–Trinajstić information content (AvgIpc) is 2.95. The van der Waals surface area contributed by atoms with Gasteiger partial charge in [0.25, 0.3) is 0 Å². The number of nitrogens with one attached hydrogen (secondary N) is 1. The van der Waals surface area contributed by atoms with Crippen LogP contribution in [-0.2, 0) is 0 Å². The fourth-order valence-electron chi connectivity index (χ4n) is 2.95. The molecule has 1 aliphatic heterocycles. The number of hydrogen-bond donors (Lipinski definition) is 1. The Kier molecular flexibility index (Phi) is 4.55. The highest BCUT2D eigenvalue weighted by molar-refractivity contribution is 5.88. The summed E-state index contributed by atoms with van der Waals surface area (Å²) in [5.74, 6) is 0.873. The van der Waals surface area contributed by atoms with E-state index in [0.29, 0.717) is 5.69 Å². The molecule has 0 spiro atoms. The van der Waals surface area contributed by atoms with E-state index in [0.717, 1.165) is 42.5 Å². The van der Waals surface area contributed by atoms with Gasteiger partial charge in [-0.25, -0.2) is 0 Å². The number of H-pyrrole nitrogens is 1. The third-order valence-electron chi connectivity index (χ3n) is 4.08. The SMILES string of the molecule is O=Cc1cc2cc(OCCCN3CCCCC3)ccc2[nH]1. The first-order valence-electron chi connectivity index (χ1n) is 7.78. The number of aldehydes is 1. The second-order valence-electron chi connectivity index (χ2n) is 5.70. The van der Waals surface area contributed by atoms with Crippen LogP contribution in [-0.4, -0.2) is 42.4 Å². The van der Waals surface area contributed by atoms with Gasteiger partial charge >= 0.3 is 0 Å². The minimum atomic E-state index is 0.604. The number of nitrogens with zero attached hydrogens (tertiary/aromatic N) is 1. The topological polar surface area (TPSA) is 45.3 Å². The average molecular weight is 286 g/mol. The van der Waals surface area contributed by atoms with Crippen LogP contribution in [0.5, 0.6) is 5.75 Å². The van der Waals surface area contributed by atoms with Crippen molar-refractivity contribution in [3.63, 3.8) is 0 Å². The molecule has 1 N–H and O–H groups in total. The molecule has 0 aliphatic carbocycles. The number of piperidine rings is 1. The molecule has 2 aromatic rings. The Hall–Kier alpha value is -1.81. The maximum absolute atomic E-state index is 10.8. The van der Waals surface area contributed by atoms with Crippen molar-refractivity contribution in [2.45, 2.75) is 25.7 Å². The Bertz CT molecular complexity index is 600. The summed E-state index contributed by atoms with van der Waals surface area (Å²) in [5.41, 5.74) is 1.57. The van der Waals surface area contributed by atoms with Gasteiger partial charge in [-0.05, 0) is 56.6 Å². The first-order valence-corrected chi connectivity index (χ1v) is 7.78. The minimum absolute atomic E-state index is 0.604. The Morgan fingerprint density at radius 3 is 2.86 bits per heavy atom. The number of carbonyl (C=O) groups excluding carboxylic acids is 1. The Morgan fingerprint density at radius 2 is 2.05 bits per heavy atom. The van der Waals surface area contributed by atoms with Crippen molar-refractivity contribution in [1.29, 1.82) is 0 Å². The molecule has 2 heterocycles. The number of ether oxygens (including phenoxy) is 1. The molecular weight excluding hydrogens is 264 g/mol. The van der Waals surface area contributed by atoms with Crippen molar-refractivity contribution in [2.75, 3.05) is 26.2 Å². The molecule has 1 aromatic carbocycles. The van der Waals surface area contributed by atoms with Gasteiger partial charge in [0.05, 0.1) is 12.3 Å². The molecule has 0 unspecified atom stereocenters. The van der Waals surface area contributed by atoms with Crippen LogP contribution in [0.2, 0.25) is 0 Å². The Labute approximate surface area is 125 Å². The molecule has 0 radical (unpaired) electrons. The maximum Gasteiger partial charge on any atom is 0.166 e. The highest BCUT2D eigenvalue weighted by Gasteiger charge is 2.09. The van der Waals surface area contributed by atoms with E-state index in [2.05, 4.69) is 9.88 Å². The van der Waals surface area contributed by atoms with Crippen LogP contribution in [0.3, 0.4) is 0 Å². The lowest BCUT2D eigenvalue weighted by Gasteiger charge is -2.26. The third kappa shape index (κ3) is 3.64. The molecule has 0 bridgehead atoms. The number of likely N-dealkylation sites (tertiary alicyclic amines) is 1. The van der Waals surface area contributed by atoms with Gasteiger partial charge in [-0.3, -0.25) is 4.79 Å². The van der Waals surface area contributed by atoms with Crippen LogP contribution < -0.4 is 4.74 Å². The van der Waals surface area contributed by atoms with E-state index in [1.165, 1.54) is 32.4 Å². The van der Waals surface area contributed by atoms with Crippen LogP contribution in [0, 0.1) is 0 Å². The zero-order chi connectivity index (χ0) is 14.5. The maximum atomic E-state index is 10.8. The summed E-state index contributed by atoms with van der Waals surface area (Å²) in [6, 6.07) is 7.75. The summed E-state index contributed by atoms with van der Waals surface area (Å²) in [5, 5.41) is 1.02. The third-order valence-corrected chi connectivity index (χ3v) is 4.08. The quantitative estimate of drug-likeness (QED) is 0.655. The van der Waals surface area contributed by atoms with Crippen LogP contribution >= 0.6 is 0 Å². The number of aromatic nitrogens is 1. The number of rotatable bonds is 6. The highest BCUT2D eigenvalue weighted by atomic mass is 16.5. The van der Waals surface area contributed by atoms with E-state index in [9.17, 15) is 4.79 Å². The number of carbonyl (C=O) groups is 1. The number of fused-ring (bicyclic) bond motifs is 1.